The van der Waals surface area contributed by atoms with Crippen LogP contribution in [0.3, 0.4) is 0 Å². The number of ether oxygens (including phenoxy) is 1. The maximum atomic E-state index is 9.28. The Bertz CT molecular complexity index is 1350. The van der Waals surface area contributed by atoms with Crippen LogP contribution in [0.1, 0.15) is 36.1 Å². The molecule has 2 aromatic carbocycles. The van der Waals surface area contributed by atoms with Gasteiger partial charge in [0.25, 0.3) is 0 Å². The van der Waals surface area contributed by atoms with Gasteiger partial charge in [-0.1, -0.05) is 30.3 Å². The summed E-state index contributed by atoms with van der Waals surface area (Å²) in [5.74, 6) is 0.989. The Kier molecular flexibility index (Phi) is 7.05. The van der Waals surface area contributed by atoms with Crippen LogP contribution >= 0.6 is 0 Å². The molecule has 8 nitrogen and oxygen atoms in total. The molecule has 3 aliphatic heterocycles. The highest BCUT2D eigenvalue weighted by Gasteiger charge is 2.30. The maximum absolute atomic E-state index is 9.28. The molecule has 6 rings (SSSR count). The fourth-order valence-corrected chi connectivity index (χ4v) is 6.31. The average molecular weight is 512 g/mol. The highest BCUT2D eigenvalue weighted by atomic mass is 16.5. The van der Waals surface area contributed by atoms with E-state index in [1.54, 1.807) is 0 Å². The molecule has 0 aliphatic carbocycles. The molecule has 0 spiro atoms. The van der Waals surface area contributed by atoms with Gasteiger partial charge in [-0.25, -0.2) is 0 Å². The maximum Gasteiger partial charge on any atom is 0.318 e. The highest BCUT2D eigenvalue weighted by molar-refractivity contribution is 5.97. The predicted molar refractivity (Wildman–Crippen MR) is 151 cm³/mol. The lowest BCUT2D eigenvalue weighted by molar-refractivity contribution is 0.187. The Hall–Kier alpha value is -3.41. The van der Waals surface area contributed by atoms with E-state index >= 15 is 0 Å². The number of hydrogen-bond acceptors (Lipinski definition) is 8. The molecule has 8 heteroatoms. The van der Waals surface area contributed by atoms with Gasteiger partial charge in [0.1, 0.15) is 12.4 Å². The number of anilines is 2. The van der Waals surface area contributed by atoms with E-state index in [1.807, 2.05) is 0 Å². The van der Waals surface area contributed by atoms with E-state index in [0.29, 0.717) is 25.1 Å². The van der Waals surface area contributed by atoms with Crippen LogP contribution in [0.4, 0.5) is 11.5 Å². The van der Waals surface area contributed by atoms with Crippen molar-refractivity contribution in [2.45, 2.75) is 51.2 Å². The summed E-state index contributed by atoms with van der Waals surface area (Å²) in [6.07, 6.45) is 3.73. The van der Waals surface area contributed by atoms with Crippen LogP contribution in [0.2, 0.25) is 0 Å². The van der Waals surface area contributed by atoms with Crippen molar-refractivity contribution in [2.24, 2.45) is 0 Å². The molecule has 0 unspecified atom stereocenters. The SMILES string of the molecule is Cc1cccc2cccc(N3CCc4c(nc(OC[C@@H]5CCCN5C)nc4N4CCN[C@@H](CC#N)C4)C3)c12. The fraction of sp³-hybridized carbons (Fsp3) is 0.500. The monoisotopic (exact) mass is 511 g/mol. The molecule has 2 saturated heterocycles. The number of hydrogen-bond donors (Lipinski definition) is 1. The number of piperazine rings is 1. The van der Waals surface area contributed by atoms with Crippen molar-refractivity contribution < 1.29 is 4.74 Å². The molecule has 0 radical (unpaired) electrons. The summed E-state index contributed by atoms with van der Waals surface area (Å²) < 4.78 is 6.29. The van der Waals surface area contributed by atoms with Crippen molar-refractivity contribution in [3.63, 3.8) is 0 Å². The first-order valence-electron chi connectivity index (χ1n) is 13.9. The van der Waals surface area contributed by atoms with Crippen molar-refractivity contribution in [3.8, 4) is 12.1 Å². The van der Waals surface area contributed by atoms with Crippen LogP contribution in [0.15, 0.2) is 36.4 Å². The largest absolute Gasteiger partial charge is 0.462 e. The third-order valence-electron chi connectivity index (χ3n) is 8.42. The summed E-state index contributed by atoms with van der Waals surface area (Å²) in [7, 11) is 2.17. The molecule has 198 valence electrons. The zero-order chi connectivity index (χ0) is 26.1. The lowest BCUT2D eigenvalue weighted by Gasteiger charge is -2.37. The summed E-state index contributed by atoms with van der Waals surface area (Å²) >= 11 is 0. The van der Waals surface area contributed by atoms with Gasteiger partial charge in [0.05, 0.1) is 24.7 Å². The summed E-state index contributed by atoms with van der Waals surface area (Å²) in [5, 5.41) is 15.3. The Balaban J connectivity index is 1.34. The second-order valence-corrected chi connectivity index (χ2v) is 10.9. The lowest BCUT2D eigenvalue weighted by Crippen LogP contribution is -2.51. The molecule has 1 aromatic heterocycles. The summed E-state index contributed by atoms with van der Waals surface area (Å²) in [6.45, 7) is 8.04. The van der Waals surface area contributed by atoms with Crippen molar-refractivity contribution in [2.75, 3.05) is 56.2 Å². The predicted octanol–water partition coefficient (Wildman–Crippen LogP) is 3.67. The number of benzene rings is 2. The smallest absolute Gasteiger partial charge is 0.318 e. The zero-order valence-electron chi connectivity index (χ0n) is 22.5. The number of likely N-dealkylation sites (N-methyl/N-ethyl adjacent to an activating group) is 1. The number of nitrogens with zero attached hydrogens (tertiary/aromatic N) is 6. The summed E-state index contributed by atoms with van der Waals surface area (Å²) in [5.41, 5.74) is 4.83. The first-order chi connectivity index (χ1) is 18.6. The van der Waals surface area contributed by atoms with E-state index in [4.69, 9.17) is 14.7 Å². The second-order valence-electron chi connectivity index (χ2n) is 10.9. The van der Waals surface area contributed by atoms with Crippen LogP contribution in [0.25, 0.3) is 10.8 Å². The molecule has 0 bridgehead atoms. The van der Waals surface area contributed by atoms with Gasteiger partial charge in [0.15, 0.2) is 0 Å². The minimum atomic E-state index is 0.148. The average Bonchev–Trinajstić information content (AvgIpc) is 3.35. The van der Waals surface area contributed by atoms with Gasteiger partial charge in [0.2, 0.25) is 0 Å². The molecule has 2 atom stereocenters. The van der Waals surface area contributed by atoms with E-state index in [0.717, 1.165) is 63.6 Å². The number of likely N-dealkylation sites (tertiary alicyclic amines) is 1. The van der Waals surface area contributed by atoms with E-state index in [2.05, 4.69) is 76.5 Å². The van der Waals surface area contributed by atoms with Crippen LogP contribution in [-0.2, 0) is 13.0 Å². The molecule has 0 amide bonds. The van der Waals surface area contributed by atoms with E-state index in [-0.39, 0.29) is 6.04 Å². The molecule has 4 heterocycles. The lowest BCUT2D eigenvalue weighted by atomic mass is 9.99. The van der Waals surface area contributed by atoms with Gasteiger partial charge in [-0.2, -0.15) is 15.2 Å². The fourth-order valence-electron chi connectivity index (χ4n) is 6.31. The molecule has 38 heavy (non-hydrogen) atoms. The Morgan fingerprint density at radius 1 is 1.11 bits per heavy atom. The highest BCUT2D eigenvalue weighted by Crippen LogP contribution is 2.35. The Labute approximate surface area is 225 Å². The zero-order valence-corrected chi connectivity index (χ0v) is 22.5. The second kappa shape index (κ2) is 10.8. The van der Waals surface area contributed by atoms with Gasteiger partial charge >= 0.3 is 6.01 Å². The molecular formula is C30H37N7O. The molecule has 0 saturated carbocycles. The van der Waals surface area contributed by atoms with Gasteiger partial charge < -0.3 is 24.8 Å². The molecule has 3 aliphatic rings. The number of nitrogens with one attached hydrogen (secondary N) is 1. The first-order valence-corrected chi connectivity index (χ1v) is 13.9. The molecule has 1 N–H and O–H groups in total. The van der Waals surface area contributed by atoms with E-state index in [1.165, 1.54) is 34.0 Å². The first kappa shape index (κ1) is 24.9. The molecule has 3 aromatic rings. The number of fused-ring (bicyclic) bond motifs is 2. The van der Waals surface area contributed by atoms with Crippen LogP contribution in [0, 0.1) is 18.3 Å². The van der Waals surface area contributed by atoms with Crippen molar-refractivity contribution >= 4 is 22.3 Å². The van der Waals surface area contributed by atoms with Crippen LogP contribution in [-0.4, -0.2) is 73.3 Å². The topological polar surface area (TPSA) is 80.6 Å². The Morgan fingerprint density at radius 3 is 2.79 bits per heavy atom. The number of aromatic nitrogens is 2. The van der Waals surface area contributed by atoms with Gasteiger partial charge in [0, 0.05) is 54.9 Å². The molecular weight excluding hydrogens is 474 g/mol. The normalized spacial score (nSPS) is 21.9. The van der Waals surface area contributed by atoms with Crippen molar-refractivity contribution in [3.05, 3.63) is 53.2 Å². The Morgan fingerprint density at radius 2 is 1.97 bits per heavy atom. The number of aryl methyl sites for hydroxylation is 1. The third kappa shape index (κ3) is 4.89. The molecule has 2 fully saturated rings. The van der Waals surface area contributed by atoms with Gasteiger partial charge in [-0.3, -0.25) is 0 Å². The number of rotatable bonds is 6. The minimum absolute atomic E-state index is 0.148. The quantitative estimate of drug-likeness (QED) is 0.537. The van der Waals surface area contributed by atoms with Gasteiger partial charge in [-0.15, -0.1) is 0 Å². The minimum Gasteiger partial charge on any atom is -0.462 e. The van der Waals surface area contributed by atoms with Crippen molar-refractivity contribution in [1.82, 2.24) is 20.2 Å². The van der Waals surface area contributed by atoms with Crippen molar-refractivity contribution in [1.29, 1.82) is 5.26 Å². The van der Waals surface area contributed by atoms with Crippen LogP contribution < -0.4 is 19.9 Å². The van der Waals surface area contributed by atoms with E-state index in [9.17, 15) is 5.26 Å². The van der Waals surface area contributed by atoms with E-state index < -0.39 is 0 Å². The standard InChI is InChI=1S/C30H37N7O/c1-21-6-3-7-22-8-4-10-27(28(21)22)36-16-12-25-26(19-36)33-30(38-20-24-9-5-15-35(24)2)34-29(25)37-17-14-32-23(18-37)11-13-31/h3-4,6-8,10,23-24,32H,5,9,11-12,14-20H2,1-2H3/t23-,24-/m0/s1. The van der Waals surface area contributed by atoms with Gasteiger partial charge in [-0.05, 0) is 56.8 Å². The van der Waals surface area contributed by atoms with Crippen LogP contribution in [0.5, 0.6) is 6.01 Å². The summed E-state index contributed by atoms with van der Waals surface area (Å²) in [6, 6.07) is 16.5. The third-order valence-corrected chi connectivity index (χ3v) is 8.42. The number of nitriles is 1. The summed E-state index contributed by atoms with van der Waals surface area (Å²) in [4.78, 5) is 17.2.